The molecule has 0 radical (unpaired) electrons. The van der Waals surface area contributed by atoms with Crippen molar-refractivity contribution in [3.63, 3.8) is 0 Å². The number of para-hydroxylation sites is 5. The fourth-order valence-electron chi connectivity index (χ4n) is 8.32. The second-order valence-corrected chi connectivity index (χ2v) is 15.1. The van der Waals surface area contributed by atoms with E-state index in [-0.39, 0.29) is 5.41 Å². The molecule has 274 valence electrons. The Balaban J connectivity index is 1.13. The van der Waals surface area contributed by atoms with Gasteiger partial charge < -0.3 is 4.74 Å². The first-order chi connectivity index (χ1) is 28.0. The summed E-state index contributed by atoms with van der Waals surface area (Å²) in [5, 5.41) is 0. The quantitative estimate of drug-likeness (QED) is 0.156. The van der Waals surface area contributed by atoms with Crippen molar-refractivity contribution in [2.75, 3.05) is 0 Å². The molecule has 5 heteroatoms. The van der Waals surface area contributed by atoms with E-state index in [1.54, 1.807) is 0 Å². The molecule has 9 aromatic rings. The molecule has 3 aromatic heterocycles. The molecule has 0 unspecified atom stereocenters. The van der Waals surface area contributed by atoms with Crippen molar-refractivity contribution in [2.45, 2.75) is 32.1 Å². The van der Waals surface area contributed by atoms with E-state index in [0.717, 1.165) is 90.2 Å². The van der Waals surface area contributed by atoms with Gasteiger partial charge in [-0.1, -0.05) is 153 Å². The molecule has 1 aliphatic rings. The maximum Gasteiger partial charge on any atom is 0.164 e. The molecule has 0 atom stereocenters. The van der Waals surface area contributed by atoms with Gasteiger partial charge in [-0.25, -0.2) is 9.97 Å². The van der Waals surface area contributed by atoms with Crippen LogP contribution in [0.15, 0.2) is 182 Å². The zero-order chi connectivity index (χ0) is 38.3. The molecule has 0 spiro atoms. The summed E-state index contributed by atoms with van der Waals surface area (Å²) in [5.41, 5.74) is 14.1. The number of nitrogens with zero attached hydrogens (tertiary/aromatic N) is 4. The van der Waals surface area contributed by atoms with E-state index in [2.05, 4.69) is 182 Å². The van der Waals surface area contributed by atoms with Crippen LogP contribution >= 0.6 is 0 Å². The van der Waals surface area contributed by atoms with Crippen LogP contribution in [0.4, 0.5) is 0 Å². The molecule has 0 amide bonds. The topological polar surface area (TPSA) is 52.8 Å². The van der Waals surface area contributed by atoms with Crippen LogP contribution in [0.25, 0.3) is 61.8 Å². The number of aryl methyl sites for hydroxylation is 2. The smallest absolute Gasteiger partial charge is 0.164 e. The SMILES string of the molecule is CC1(C)c2cccc(-c3ccccc3)c2Oc2c(-c3ccc(-c4nc5ccccc5n4-c4ccccc4)nc3CCc3cccc(-c4ccccc4)n3)cccc21. The van der Waals surface area contributed by atoms with Crippen molar-refractivity contribution in [1.82, 2.24) is 19.5 Å². The summed E-state index contributed by atoms with van der Waals surface area (Å²) >= 11 is 0. The molecule has 10 rings (SSSR count). The van der Waals surface area contributed by atoms with Gasteiger partial charge in [0.15, 0.2) is 5.82 Å². The minimum absolute atomic E-state index is 0.306. The van der Waals surface area contributed by atoms with E-state index in [1.165, 1.54) is 5.56 Å². The lowest BCUT2D eigenvalue weighted by molar-refractivity contribution is 0.421. The zero-order valence-corrected chi connectivity index (χ0v) is 31.9. The summed E-state index contributed by atoms with van der Waals surface area (Å²) < 4.78 is 9.35. The Morgan fingerprint density at radius 2 is 1.11 bits per heavy atom. The summed E-state index contributed by atoms with van der Waals surface area (Å²) in [4.78, 5) is 15.8. The fraction of sp³-hybridized carbons (Fsp3) is 0.0962. The number of imidazole rings is 1. The predicted molar refractivity (Wildman–Crippen MR) is 231 cm³/mol. The van der Waals surface area contributed by atoms with Gasteiger partial charge in [0.05, 0.1) is 16.7 Å². The van der Waals surface area contributed by atoms with Crippen LogP contribution in [0.3, 0.4) is 0 Å². The first-order valence-electron chi connectivity index (χ1n) is 19.6. The average Bonchev–Trinajstić information content (AvgIpc) is 3.66. The van der Waals surface area contributed by atoms with Crippen LogP contribution in [-0.4, -0.2) is 19.5 Å². The van der Waals surface area contributed by atoms with Crippen LogP contribution < -0.4 is 4.74 Å². The molecule has 0 fully saturated rings. The first-order valence-corrected chi connectivity index (χ1v) is 19.6. The molecule has 5 nitrogen and oxygen atoms in total. The molecule has 6 aromatic carbocycles. The predicted octanol–water partition coefficient (Wildman–Crippen LogP) is 12.7. The number of fused-ring (bicyclic) bond motifs is 3. The van der Waals surface area contributed by atoms with E-state index in [4.69, 9.17) is 19.7 Å². The minimum Gasteiger partial charge on any atom is -0.455 e. The number of aromatic nitrogens is 4. The van der Waals surface area contributed by atoms with Crippen LogP contribution in [0.2, 0.25) is 0 Å². The van der Waals surface area contributed by atoms with Crippen molar-refractivity contribution in [2.24, 2.45) is 0 Å². The Kier molecular flexibility index (Phi) is 8.56. The maximum absolute atomic E-state index is 7.14. The number of ether oxygens (including phenoxy) is 1. The van der Waals surface area contributed by atoms with Gasteiger partial charge in [-0.2, -0.15) is 0 Å². The number of hydrogen-bond donors (Lipinski definition) is 0. The van der Waals surface area contributed by atoms with Crippen LogP contribution in [0.1, 0.15) is 36.4 Å². The summed E-state index contributed by atoms with van der Waals surface area (Å²) in [6.45, 7) is 4.60. The van der Waals surface area contributed by atoms with E-state index >= 15 is 0 Å². The number of benzene rings is 6. The Hall–Kier alpha value is -7.11. The van der Waals surface area contributed by atoms with E-state index in [1.807, 2.05) is 18.2 Å². The highest BCUT2D eigenvalue weighted by atomic mass is 16.5. The van der Waals surface area contributed by atoms with Gasteiger partial charge in [0, 0.05) is 55.9 Å². The molecular formula is C52H40N4O. The van der Waals surface area contributed by atoms with E-state index in [9.17, 15) is 0 Å². The van der Waals surface area contributed by atoms with Gasteiger partial charge in [0.1, 0.15) is 17.2 Å². The minimum atomic E-state index is -0.306. The summed E-state index contributed by atoms with van der Waals surface area (Å²) in [5.74, 6) is 2.57. The molecule has 1 aliphatic heterocycles. The van der Waals surface area contributed by atoms with Gasteiger partial charge in [0.25, 0.3) is 0 Å². The van der Waals surface area contributed by atoms with Gasteiger partial charge in [-0.15, -0.1) is 0 Å². The third-order valence-corrected chi connectivity index (χ3v) is 11.2. The van der Waals surface area contributed by atoms with E-state index < -0.39 is 0 Å². The Morgan fingerprint density at radius 1 is 0.474 bits per heavy atom. The molecule has 57 heavy (non-hydrogen) atoms. The zero-order valence-electron chi connectivity index (χ0n) is 31.9. The second-order valence-electron chi connectivity index (χ2n) is 15.1. The lowest BCUT2D eigenvalue weighted by Gasteiger charge is -2.36. The number of rotatable bonds is 8. The Labute approximate surface area is 333 Å². The lowest BCUT2D eigenvalue weighted by atomic mass is 9.74. The average molecular weight is 737 g/mol. The first kappa shape index (κ1) is 34.4. The summed E-state index contributed by atoms with van der Waals surface area (Å²) in [7, 11) is 0. The molecule has 0 bridgehead atoms. The maximum atomic E-state index is 7.14. The molecule has 0 N–H and O–H groups in total. The highest BCUT2D eigenvalue weighted by molar-refractivity contribution is 5.85. The number of pyridine rings is 2. The summed E-state index contributed by atoms with van der Waals surface area (Å²) in [6, 6.07) is 63.2. The van der Waals surface area contributed by atoms with Crippen molar-refractivity contribution in [1.29, 1.82) is 0 Å². The van der Waals surface area contributed by atoms with Gasteiger partial charge >= 0.3 is 0 Å². The standard InChI is InChI=1S/C52H40N4O/c1-52(2)42-26-15-24-39(35-17-6-3-7-18-35)49(42)57-50-41(25-16-27-43(50)52)40-32-34-47(51-55-46-28-12-13-30-48(46)56(51)38-22-10-5-11-23-38)54-45(40)33-31-37-21-14-29-44(53-37)36-19-8-4-9-20-36/h3-30,32,34H,31,33H2,1-2H3. The fourth-order valence-corrected chi connectivity index (χ4v) is 8.32. The van der Waals surface area contributed by atoms with Gasteiger partial charge in [0.2, 0.25) is 0 Å². The molecule has 0 aliphatic carbocycles. The van der Waals surface area contributed by atoms with Crippen LogP contribution in [0, 0.1) is 0 Å². The highest BCUT2D eigenvalue weighted by Gasteiger charge is 2.37. The normalized spacial score (nSPS) is 12.8. The molecule has 0 saturated carbocycles. The van der Waals surface area contributed by atoms with Crippen molar-refractivity contribution < 1.29 is 4.74 Å². The van der Waals surface area contributed by atoms with Crippen LogP contribution in [0.5, 0.6) is 11.5 Å². The van der Waals surface area contributed by atoms with Gasteiger partial charge in [-0.05, 0) is 60.9 Å². The molecule has 0 saturated heterocycles. The largest absolute Gasteiger partial charge is 0.455 e. The molecular weight excluding hydrogens is 697 g/mol. The van der Waals surface area contributed by atoms with Crippen molar-refractivity contribution >= 4 is 11.0 Å². The second kappa shape index (κ2) is 14.2. The Morgan fingerprint density at radius 3 is 1.86 bits per heavy atom. The third kappa shape index (κ3) is 6.18. The third-order valence-electron chi connectivity index (χ3n) is 11.2. The van der Waals surface area contributed by atoms with Crippen molar-refractivity contribution in [3.05, 3.63) is 205 Å². The van der Waals surface area contributed by atoms with E-state index in [0.29, 0.717) is 12.8 Å². The van der Waals surface area contributed by atoms with Crippen LogP contribution in [-0.2, 0) is 18.3 Å². The van der Waals surface area contributed by atoms with Crippen molar-refractivity contribution in [3.8, 4) is 62.2 Å². The molecule has 4 heterocycles. The lowest BCUT2D eigenvalue weighted by Crippen LogP contribution is -2.25. The summed E-state index contributed by atoms with van der Waals surface area (Å²) in [6.07, 6.45) is 1.38. The number of hydrogen-bond acceptors (Lipinski definition) is 4. The Bertz CT molecular complexity index is 2900. The monoisotopic (exact) mass is 736 g/mol. The van der Waals surface area contributed by atoms with Gasteiger partial charge in [-0.3, -0.25) is 9.55 Å². The highest BCUT2D eigenvalue weighted by Crippen LogP contribution is 2.54.